The molecule has 0 spiro atoms. The number of rotatable bonds is 7. The van der Waals surface area contributed by atoms with Gasteiger partial charge in [-0.05, 0) is 32.3 Å². The van der Waals surface area contributed by atoms with Gasteiger partial charge in [-0.3, -0.25) is 9.59 Å². The fraction of sp³-hybridized carbons (Fsp3) is 0.421. The summed E-state index contributed by atoms with van der Waals surface area (Å²) in [7, 11) is 0. The zero-order chi connectivity index (χ0) is 18.4. The van der Waals surface area contributed by atoms with E-state index in [2.05, 4.69) is 5.32 Å². The molecule has 1 aliphatic rings. The minimum atomic E-state index is -1.08. The first-order valence-corrected chi connectivity index (χ1v) is 8.41. The molecule has 2 rings (SSSR count). The lowest BCUT2D eigenvalue weighted by Crippen LogP contribution is -2.49. The van der Waals surface area contributed by atoms with Crippen LogP contribution in [-0.4, -0.2) is 39.9 Å². The van der Waals surface area contributed by atoms with E-state index >= 15 is 0 Å². The lowest BCUT2D eigenvalue weighted by atomic mass is 10.1. The molecule has 2 amide bonds. The topological polar surface area (TPSA) is 86.7 Å². The van der Waals surface area contributed by atoms with E-state index in [0.29, 0.717) is 19.4 Å². The second kappa shape index (κ2) is 8.46. The van der Waals surface area contributed by atoms with Crippen molar-refractivity contribution in [3.8, 4) is 0 Å². The Labute approximate surface area is 147 Å². The van der Waals surface area contributed by atoms with E-state index in [0.717, 1.165) is 11.1 Å². The van der Waals surface area contributed by atoms with Crippen molar-refractivity contribution in [2.24, 2.45) is 0 Å². The summed E-state index contributed by atoms with van der Waals surface area (Å²) in [5, 5.41) is 11.8. The van der Waals surface area contributed by atoms with E-state index in [1.807, 2.05) is 31.2 Å². The highest BCUT2D eigenvalue weighted by atomic mass is 16.4. The molecule has 1 heterocycles. The Morgan fingerprint density at radius 1 is 1.36 bits per heavy atom. The fourth-order valence-corrected chi connectivity index (χ4v) is 2.86. The van der Waals surface area contributed by atoms with E-state index in [-0.39, 0.29) is 12.3 Å². The highest BCUT2D eigenvalue weighted by Gasteiger charge is 2.37. The summed E-state index contributed by atoms with van der Waals surface area (Å²) < 4.78 is 0. The van der Waals surface area contributed by atoms with Gasteiger partial charge in [0.25, 0.3) is 0 Å². The Morgan fingerprint density at radius 3 is 2.64 bits per heavy atom. The van der Waals surface area contributed by atoms with Gasteiger partial charge >= 0.3 is 5.97 Å². The van der Waals surface area contributed by atoms with Gasteiger partial charge in [0.2, 0.25) is 11.8 Å². The third kappa shape index (κ3) is 4.92. The molecule has 6 heteroatoms. The number of nitrogens with one attached hydrogen (secondary N) is 1. The summed E-state index contributed by atoms with van der Waals surface area (Å²) in [6.07, 6.45) is 4.37. The van der Waals surface area contributed by atoms with Crippen molar-refractivity contribution in [2.45, 2.75) is 51.7 Å². The lowest BCUT2D eigenvalue weighted by Gasteiger charge is -2.25. The molecule has 1 aromatic carbocycles. The third-order valence-electron chi connectivity index (χ3n) is 4.33. The number of likely N-dealkylation sites (tertiary alicyclic amines) is 1. The first-order valence-electron chi connectivity index (χ1n) is 8.41. The van der Waals surface area contributed by atoms with Gasteiger partial charge in [0.15, 0.2) is 0 Å². The van der Waals surface area contributed by atoms with Crippen LogP contribution in [-0.2, 0) is 20.9 Å². The first kappa shape index (κ1) is 18.7. The molecule has 1 saturated heterocycles. The van der Waals surface area contributed by atoms with Gasteiger partial charge < -0.3 is 15.3 Å². The second-order valence-corrected chi connectivity index (χ2v) is 6.27. The number of carboxylic acids is 1. The van der Waals surface area contributed by atoms with Gasteiger partial charge in [0.05, 0.1) is 0 Å². The standard InChI is InChI=1S/C19H24N2O4/c1-3-4-5-15(19(24)25)20-18(23)16-10-11-17(22)21(16)12-14-8-6-13(2)7-9-14/h3-4,6-9,15-16H,5,10-12H2,1-2H3,(H,20,23)(H,24,25)/b4-3+. The van der Waals surface area contributed by atoms with Crippen LogP contribution in [0.3, 0.4) is 0 Å². The minimum absolute atomic E-state index is 0.0824. The molecule has 1 aromatic rings. The Balaban J connectivity index is 2.07. The van der Waals surface area contributed by atoms with Crippen LogP contribution in [0.1, 0.15) is 37.3 Å². The van der Waals surface area contributed by atoms with Gasteiger partial charge in [0.1, 0.15) is 12.1 Å². The van der Waals surface area contributed by atoms with E-state index in [4.69, 9.17) is 0 Å². The lowest BCUT2D eigenvalue weighted by molar-refractivity contribution is -0.143. The maximum absolute atomic E-state index is 12.5. The molecule has 0 radical (unpaired) electrons. The number of hydrogen-bond acceptors (Lipinski definition) is 3. The Morgan fingerprint density at radius 2 is 2.04 bits per heavy atom. The van der Waals surface area contributed by atoms with Crippen molar-refractivity contribution in [1.82, 2.24) is 10.2 Å². The van der Waals surface area contributed by atoms with Gasteiger partial charge in [-0.1, -0.05) is 42.0 Å². The molecule has 0 saturated carbocycles. The zero-order valence-electron chi connectivity index (χ0n) is 14.6. The summed E-state index contributed by atoms with van der Waals surface area (Å²) >= 11 is 0. The summed E-state index contributed by atoms with van der Waals surface area (Å²) in [5.41, 5.74) is 2.07. The van der Waals surface area contributed by atoms with Crippen molar-refractivity contribution < 1.29 is 19.5 Å². The van der Waals surface area contributed by atoms with Crippen LogP contribution in [0, 0.1) is 6.92 Å². The maximum Gasteiger partial charge on any atom is 0.326 e. The molecule has 2 atom stereocenters. The Bertz CT molecular complexity index is 667. The zero-order valence-corrected chi connectivity index (χ0v) is 14.6. The molecule has 2 N–H and O–H groups in total. The van der Waals surface area contributed by atoms with Crippen LogP contribution in [0.25, 0.3) is 0 Å². The number of carboxylic acid groups (broad SMARTS) is 1. The summed E-state index contributed by atoms with van der Waals surface area (Å²) in [6.45, 7) is 4.13. The average molecular weight is 344 g/mol. The number of carbonyl (C=O) groups is 3. The van der Waals surface area contributed by atoms with Gasteiger partial charge in [0, 0.05) is 13.0 Å². The highest BCUT2D eigenvalue weighted by Crippen LogP contribution is 2.22. The smallest absolute Gasteiger partial charge is 0.326 e. The molecule has 2 unspecified atom stereocenters. The van der Waals surface area contributed by atoms with Crippen molar-refractivity contribution in [2.75, 3.05) is 0 Å². The number of allylic oxidation sites excluding steroid dienone is 1. The van der Waals surface area contributed by atoms with Crippen molar-refractivity contribution >= 4 is 17.8 Å². The second-order valence-electron chi connectivity index (χ2n) is 6.27. The number of aryl methyl sites for hydroxylation is 1. The number of hydrogen-bond donors (Lipinski definition) is 2. The summed E-state index contributed by atoms with van der Waals surface area (Å²) in [5.74, 6) is -1.57. The molecule has 1 aliphatic heterocycles. The maximum atomic E-state index is 12.5. The van der Waals surface area contributed by atoms with E-state index < -0.39 is 24.0 Å². The van der Waals surface area contributed by atoms with Gasteiger partial charge in [-0.25, -0.2) is 4.79 Å². The summed E-state index contributed by atoms with van der Waals surface area (Å²) in [6, 6.07) is 6.18. The highest BCUT2D eigenvalue weighted by molar-refractivity contribution is 5.93. The van der Waals surface area contributed by atoms with E-state index in [1.165, 1.54) is 4.90 Å². The van der Waals surface area contributed by atoms with E-state index in [1.54, 1.807) is 19.1 Å². The van der Waals surface area contributed by atoms with E-state index in [9.17, 15) is 19.5 Å². The van der Waals surface area contributed by atoms with Crippen molar-refractivity contribution in [3.05, 3.63) is 47.5 Å². The van der Waals surface area contributed by atoms with Crippen LogP contribution >= 0.6 is 0 Å². The molecule has 0 bridgehead atoms. The molecule has 6 nitrogen and oxygen atoms in total. The molecule has 0 aliphatic carbocycles. The Kier molecular flexibility index (Phi) is 6.33. The monoisotopic (exact) mass is 344 g/mol. The molecule has 25 heavy (non-hydrogen) atoms. The normalized spacial score (nSPS) is 18.6. The quantitative estimate of drug-likeness (QED) is 0.741. The SMILES string of the molecule is C/C=C/CC(NC(=O)C1CCC(=O)N1Cc1ccc(C)cc1)C(=O)O. The molecular weight excluding hydrogens is 320 g/mol. The number of aliphatic carboxylic acids is 1. The van der Waals surface area contributed by atoms with Crippen LogP contribution in [0.4, 0.5) is 0 Å². The molecule has 1 fully saturated rings. The van der Waals surface area contributed by atoms with Crippen LogP contribution < -0.4 is 5.32 Å². The largest absolute Gasteiger partial charge is 0.480 e. The number of carbonyl (C=O) groups excluding carboxylic acids is 2. The first-order chi connectivity index (χ1) is 11.9. The Hall–Kier alpha value is -2.63. The third-order valence-corrected chi connectivity index (χ3v) is 4.33. The van der Waals surface area contributed by atoms with Crippen LogP contribution in [0.5, 0.6) is 0 Å². The average Bonchev–Trinajstić information content (AvgIpc) is 2.94. The predicted octanol–water partition coefficient (Wildman–Crippen LogP) is 2.02. The van der Waals surface area contributed by atoms with Gasteiger partial charge in [-0.2, -0.15) is 0 Å². The van der Waals surface area contributed by atoms with Crippen LogP contribution in [0.2, 0.25) is 0 Å². The molecular formula is C19H24N2O4. The molecule has 134 valence electrons. The van der Waals surface area contributed by atoms with Crippen molar-refractivity contribution in [3.63, 3.8) is 0 Å². The summed E-state index contributed by atoms with van der Waals surface area (Å²) in [4.78, 5) is 37.5. The van der Waals surface area contributed by atoms with Crippen LogP contribution in [0.15, 0.2) is 36.4 Å². The predicted molar refractivity (Wildman–Crippen MR) is 93.7 cm³/mol. The fourth-order valence-electron chi connectivity index (χ4n) is 2.86. The van der Waals surface area contributed by atoms with Gasteiger partial charge in [-0.15, -0.1) is 0 Å². The number of nitrogens with zero attached hydrogens (tertiary/aromatic N) is 1. The van der Waals surface area contributed by atoms with Crippen molar-refractivity contribution in [1.29, 1.82) is 0 Å². The molecule has 0 aromatic heterocycles. The number of amides is 2. The minimum Gasteiger partial charge on any atom is -0.480 e. The number of benzene rings is 1.